The zero-order chi connectivity index (χ0) is 21.0. The van der Waals surface area contributed by atoms with Gasteiger partial charge in [-0.05, 0) is 43.7 Å². The summed E-state index contributed by atoms with van der Waals surface area (Å²) in [5, 5.41) is 15.4. The first-order chi connectivity index (χ1) is 13.9. The smallest absolute Gasteiger partial charge is 0.312 e. The Morgan fingerprint density at radius 1 is 1.17 bits per heavy atom. The molecule has 2 heterocycles. The highest BCUT2D eigenvalue weighted by Gasteiger charge is 2.21. The summed E-state index contributed by atoms with van der Waals surface area (Å²) in [5.74, 6) is -0.0609. The highest BCUT2D eigenvalue weighted by atomic mass is 16.6. The van der Waals surface area contributed by atoms with Crippen LogP contribution in [0.1, 0.15) is 33.0 Å². The number of pyridine rings is 1. The van der Waals surface area contributed by atoms with E-state index in [1.807, 2.05) is 30.3 Å². The number of rotatable bonds is 7. The summed E-state index contributed by atoms with van der Waals surface area (Å²) in [5.41, 5.74) is 3.42. The van der Waals surface area contributed by atoms with E-state index in [4.69, 9.17) is 0 Å². The zero-order valence-electron chi connectivity index (χ0n) is 16.7. The van der Waals surface area contributed by atoms with Crippen molar-refractivity contribution < 1.29 is 9.72 Å². The van der Waals surface area contributed by atoms with Gasteiger partial charge in [0.05, 0.1) is 11.5 Å². The van der Waals surface area contributed by atoms with E-state index >= 15 is 0 Å². The van der Waals surface area contributed by atoms with Crippen LogP contribution in [-0.4, -0.2) is 44.1 Å². The molecule has 150 valence electrons. The van der Waals surface area contributed by atoms with Crippen molar-refractivity contribution in [1.29, 1.82) is 0 Å². The third-order valence-corrected chi connectivity index (χ3v) is 4.84. The van der Waals surface area contributed by atoms with E-state index in [1.165, 1.54) is 0 Å². The van der Waals surface area contributed by atoms with Crippen molar-refractivity contribution in [2.75, 3.05) is 13.6 Å². The number of likely N-dealkylation sites (N-methyl/N-ethyl adjacent to an activating group) is 1. The van der Waals surface area contributed by atoms with Crippen molar-refractivity contribution in [1.82, 2.24) is 19.7 Å². The lowest BCUT2D eigenvalue weighted by Crippen LogP contribution is -2.29. The molecule has 8 heteroatoms. The van der Waals surface area contributed by atoms with E-state index in [0.717, 1.165) is 11.3 Å². The molecule has 3 aromatic rings. The Balaban J connectivity index is 1.64. The number of hydrogen-bond acceptors (Lipinski definition) is 5. The molecule has 3 rings (SSSR count). The quantitative estimate of drug-likeness (QED) is 0.454. The first-order valence-electron chi connectivity index (χ1n) is 9.29. The van der Waals surface area contributed by atoms with Gasteiger partial charge in [0.1, 0.15) is 11.4 Å². The van der Waals surface area contributed by atoms with Crippen LogP contribution in [0.25, 0.3) is 0 Å². The number of aromatic nitrogens is 3. The molecule has 0 fully saturated rings. The lowest BCUT2D eigenvalue weighted by Gasteiger charge is -2.17. The van der Waals surface area contributed by atoms with Crippen LogP contribution in [0.5, 0.6) is 0 Å². The maximum Gasteiger partial charge on any atom is 0.312 e. The van der Waals surface area contributed by atoms with Gasteiger partial charge in [-0.3, -0.25) is 24.6 Å². The molecule has 0 radical (unpaired) electrons. The van der Waals surface area contributed by atoms with Crippen LogP contribution in [0.2, 0.25) is 0 Å². The van der Waals surface area contributed by atoms with Crippen molar-refractivity contribution in [3.8, 4) is 0 Å². The zero-order valence-corrected chi connectivity index (χ0v) is 16.7. The van der Waals surface area contributed by atoms with E-state index in [-0.39, 0.29) is 11.6 Å². The van der Waals surface area contributed by atoms with Gasteiger partial charge >= 0.3 is 5.69 Å². The van der Waals surface area contributed by atoms with Gasteiger partial charge in [-0.2, -0.15) is 5.10 Å². The molecule has 2 aromatic heterocycles. The van der Waals surface area contributed by atoms with Gasteiger partial charge in [-0.15, -0.1) is 0 Å². The molecule has 1 amide bonds. The Morgan fingerprint density at radius 3 is 2.48 bits per heavy atom. The second-order valence-electron chi connectivity index (χ2n) is 6.93. The van der Waals surface area contributed by atoms with E-state index in [9.17, 15) is 14.9 Å². The first kappa shape index (κ1) is 20.2. The predicted molar refractivity (Wildman–Crippen MR) is 109 cm³/mol. The summed E-state index contributed by atoms with van der Waals surface area (Å²) in [4.78, 5) is 29.3. The number of benzene rings is 1. The summed E-state index contributed by atoms with van der Waals surface area (Å²) in [6, 6.07) is 13.0. The van der Waals surface area contributed by atoms with Crippen molar-refractivity contribution >= 4 is 11.6 Å². The Bertz CT molecular complexity index is 1010. The van der Waals surface area contributed by atoms with Gasteiger partial charge in [0.2, 0.25) is 0 Å². The minimum Gasteiger partial charge on any atom is -0.341 e. The normalized spacial score (nSPS) is 10.7. The molecule has 0 saturated carbocycles. The lowest BCUT2D eigenvalue weighted by atomic mass is 10.1. The van der Waals surface area contributed by atoms with Gasteiger partial charge < -0.3 is 4.90 Å². The van der Waals surface area contributed by atoms with Crippen LogP contribution < -0.4 is 0 Å². The lowest BCUT2D eigenvalue weighted by molar-refractivity contribution is -0.386. The Hall–Kier alpha value is -3.55. The largest absolute Gasteiger partial charge is 0.341 e. The van der Waals surface area contributed by atoms with Crippen molar-refractivity contribution in [2.24, 2.45) is 0 Å². The summed E-state index contributed by atoms with van der Waals surface area (Å²) in [6.07, 6.45) is 2.44. The average Bonchev–Trinajstić information content (AvgIpc) is 3.00. The Labute approximate surface area is 169 Å². The number of carbonyl (C=O) groups is 1. The minimum atomic E-state index is -0.406. The maximum absolute atomic E-state index is 12.6. The number of nitrogens with zero attached hydrogens (tertiary/aromatic N) is 5. The predicted octanol–water partition coefficient (Wildman–Crippen LogP) is 3.17. The molecule has 0 aliphatic carbocycles. The molecule has 0 aliphatic heterocycles. The highest BCUT2D eigenvalue weighted by Crippen LogP contribution is 2.22. The molecule has 0 N–H and O–H groups in total. The van der Waals surface area contributed by atoms with E-state index in [1.54, 1.807) is 48.8 Å². The molecule has 0 aliphatic rings. The van der Waals surface area contributed by atoms with Gasteiger partial charge in [0, 0.05) is 37.5 Å². The van der Waals surface area contributed by atoms with Gasteiger partial charge in [-0.25, -0.2) is 0 Å². The van der Waals surface area contributed by atoms with Crippen LogP contribution >= 0.6 is 0 Å². The SMILES string of the molecule is Cc1nn(Cc2ccc(C(=O)N(C)CCc3ccccn3)cc2)c(C)c1[N+](=O)[O-]. The Morgan fingerprint density at radius 2 is 1.90 bits per heavy atom. The molecule has 0 bridgehead atoms. The van der Waals surface area contributed by atoms with Gasteiger partial charge in [-0.1, -0.05) is 18.2 Å². The number of hydrogen-bond donors (Lipinski definition) is 0. The molecular weight excluding hydrogens is 370 g/mol. The summed E-state index contributed by atoms with van der Waals surface area (Å²) < 4.78 is 1.61. The third-order valence-electron chi connectivity index (χ3n) is 4.84. The molecule has 0 atom stereocenters. The van der Waals surface area contributed by atoms with Crippen LogP contribution in [0.15, 0.2) is 48.7 Å². The molecule has 0 saturated heterocycles. The first-order valence-corrected chi connectivity index (χ1v) is 9.29. The number of nitro groups is 1. The number of amides is 1. The highest BCUT2D eigenvalue weighted by molar-refractivity contribution is 5.94. The Kier molecular flexibility index (Phi) is 6.01. The van der Waals surface area contributed by atoms with E-state index in [0.29, 0.717) is 36.5 Å². The van der Waals surface area contributed by atoms with Crippen LogP contribution in [-0.2, 0) is 13.0 Å². The number of carbonyl (C=O) groups excluding carboxylic acids is 1. The summed E-state index contributed by atoms with van der Waals surface area (Å²) >= 11 is 0. The van der Waals surface area contributed by atoms with Crippen molar-refractivity contribution in [3.05, 3.63) is 87.0 Å². The van der Waals surface area contributed by atoms with Gasteiger partial charge in [0.25, 0.3) is 5.91 Å². The fourth-order valence-corrected chi connectivity index (χ4v) is 3.18. The molecule has 29 heavy (non-hydrogen) atoms. The second kappa shape index (κ2) is 8.64. The average molecular weight is 393 g/mol. The summed E-state index contributed by atoms with van der Waals surface area (Å²) in [6.45, 7) is 4.30. The molecule has 1 aromatic carbocycles. The molecular formula is C21H23N5O3. The van der Waals surface area contributed by atoms with Crippen molar-refractivity contribution in [2.45, 2.75) is 26.8 Å². The topological polar surface area (TPSA) is 94.2 Å². The fraction of sp³-hybridized carbons (Fsp3) is 0.286. The standard InChI is InChI=1S/C21H23N5O3/c1-15-20(26(28)29)16(2)25(23-15)14-17-7-9-18(10-8-17)21(27)24(3)13-11-19-6-4-5-12-22-19/h4-10,12H,11,13-14H2,1-3H3. The second-order valence-corrected chi connectivity index (χ2v) is 6.93. The molecule has 0 unspecified atom stereocenters. The van der Waals surface area contributed by atoms with E-state index < -0.39 is 4.92 Å². The molecule has 8 nitrogen and oxygen atoms in total. The van der Waals surface area contributed by atoms with Crippen LogP contribution in [0.4, 0.5) is 5.69 Å². The van der Waals surface area contributed by atoms with E-state index in [2.05, 4.69) is 10.1 Å². The van der Waals surface area contributed by atoms with Crippen molar-refractivity contribution in [3.63, 3.8) is 0 Å². The van der Waals surface area contributed by atoms with Gasteiger partial charge in [0.15, 0.2) is 0 Å². The third kappa shape index (κ3) is 4.66. The minimum absolute atomic E-state index is 0.0475. The van der Waals surface area contributed by atoms with Crippen LogP contribution in [0.3, 0.4) is 0 Å². The number of aryl methyl sites for hydroxylation is 1. The maximum atomic E-state index is 12.6. The monoisotopic (exact) mass is 393 g/mol. The molecule has 0 spiro atoms. The fourth-order valence-electron chi connectivity index (χ4n) is 3.18. The van der Waals surface area contributed by atoms with Crippen LogP contribution in [0, 0.1) is 24.0 Å². The summed E-state index contributed by atoms with van der Waals surface area (Å²) in [7, 11) is 1.77.